The highest BCUT2D eigenvalue weighted by Gasteiger charge is 2.06. The number of amides is 2. The van der Waals surface area contributed by atoms with Crippen molar-refractivity contribution in [1.29, 1.82) is 0 Å². The van der Waals surface area contributed by atoms with Crippen molar-refractivity contribution in [3.05, 3.63) is 22.4 Å². The molecule has 0 unspecified atom stereocenters. The van der Waals surface area contributed by atoms with Crippen LogP contribution in [-0.2, 0) is 4.79 Å². The molecule has 0 aromatic carbocycles. The predicted molar refractivity (Wildman–Crippen MR) is 78.4 cm³/mol. The summed E-state index contributed by atoms with van der Waals surface area (Å²) >= 11 is 1.40. The van der Waals surface area contributed by atoms with Crippen molar-refractivity contribution in [1.82, 2.24) is 10.6 Å². The maximum atomic E-state index is 11.6. The van der Waals surface area contributed by atoms with Gasteiger partial charge in [0.05, 0.1) is 4.88 Å². The maximum absolute atomic E-state index is 11.6. The van der Waals surface area contributed by atoms with Gasteiger partial charge in [-0.3, -0.25) is 9.59 Å². The molecule has 106 valence electrons. The van der Waals surface area contributed by atoms with Gasteiger partial charge in [-0.2, -0.15) is 0 Å². The molecule has 0 aliphatic rings. The van der Waals surface area contributed by atoms with E-state index in [0.717, 1.165) is 19.4 Å². The monoisotopic (exact) mass is 282 g/mol. The molecule has 0 radical (unpaired) electrons. The Morgan fingerprint density at radius 1 is 1.26 bits per heavy atom. The molecule has 5 heteroatoms. The van der Waals surface area contributed by atoms with E-state index in [4.69, 9.17) is 0 Å². The van der Waals surface area contributed by atoms with Crippen LogP contribution in [0, 0.1) is 5.92 Å². The van der Waals surface area contributed by atoms with Crippen molar-refractivity contribution in [2.75, 3.05) is 13.1 Å². The van der Waals surface area contributed by atoms with Crippen LogP contribution in [0.15, 0.2) is 17.5 Å². The maximum Gasteiger partial charge on any atom is 0.261 e. The third-order valence-corrected chi connectivity index (χ3v) is 3.53. The quantitative estimate of drug-likeness (QED) is 0.719. The van der Waals surface area contributed by atoms with E-state index in [2.05, 4.69) is 24.5 Å². The predicted octanol–water partition coefficient (Wildman–Crippen LogP) is 2.42. The van der Waals surface area contributed by atoms with Crippen molar-refractivity contribution in [2.45, 2.75) is 33.1 Å². The van der Waals surface area contributed by atoms with E-state index in [1.54, 1.807) is 6.07 Å². The molecule has 4 nitrogen and oxygen atoms in total. The third kappa shape index (κ3) is 6.96. The number of carbonyl (C=O) groups is 2. The number of hydrogen-bond donors (Lipinski definition) is 2. The van der Waals surface area contributed by atoms with E-state index in [9.17, 15) is 9.59 Å². The van der Waals surface area contributed by atoms with Crippen LogP contribution in [0.1, 0.15) is 42.8 Å². The minimum absolute atomic E-state index is 0.00441. The van der Waals surface area contributed by atoms with Gasteiger partial charge in [0.25, 0.3) is 5.91 Å². The number of nitrogens with one attached hydrogen (secondary N) is 2. The fraction of sp³-hybridized carbons (Fsp3) is 0.571. The molecular weight excluding hydrogens is 260 g/mol. The van der Waals surface area contributed by atoms with Gasteiger partial charge in [-0.05, 0) is 30.2 Å². The second kappa shape index (κ2) is 8.69. The Hall–Kier alpha value is -1.36. The number of rotatable bonds is 8. The Labute approximate surface area is 118 Å². The van der Waals surface area contributed by atoms with E-state index in [1.165, 1.54) is 11.3 Å². The summed E-state index contributed by atoms with van der Waals surface area (Å²) in [5.74, 6) is 0.555. The highest BCUT2D eigenvalue weighted by atomic mass is 32.1. The Balaban J connectivity index is 2.06. The number of carbonyl (C=O) groups excluding carboxylic acids is 2. The summed E-state index contributed by atoms with van der Waals surface area (Å²) in [6, 6.07) is 3.60. The molecule has 0 fully saturated rings. The van der Waals surface area contributed by atoms with Crippen LogP contribution >= 0.6 is 11.3 Å². The smallest absolute Gasteiger partial charge is 0.261 e. The molecule has 1 aromatic heterocycles. The zero-order valence-electron chi connectivity index (χ0n) is 11.6. The van der Waals surface area contributed by atoms with Gasteiger partial charge in [0, 0.05) is 19.5 Å². The molecule has 0 spiro atoms. The first kappa shape index (κ1) is 15.7. The zero-order chi connectivity index (χ0) is 14.1. The second-order valence-corrected chi connectivity index (χ2v) is 5.82. The molecule has 1 heterocycles. The Morgan fingerprint density at radius 2 is 2.05 bits per heavy atom. The molecule has 0 atom stereocenters. The number of hydrogen-bond acceptors (Lipinski definition) is 3. The summed E-state index contributed by atoms with van der Waals surface area (Å²) in [6.45, 7) is 5.44. The first-order valence-electron chi connectivity index (χ1n) is 6.68. The van der Waals surface area contributed by atoms with Crippen LogP contribution < -0.4 is 10.6 Å². The third-order valence-electron chi connectivity index (χ3n) is 2.66. The molecule has 0 bridgehead atoms. The van der Waals surface area contributed by atoms with E-state index in [0.29, 0.717) is 23.8 Å². The van der Waals surface area contributed by atoms with Crippen LogP contribution in [0.25, 0.3) is 0 Å². The molecule has 19 heavy (non-hydrogen) atoms. The van der Waals surface area contributed by atoms with Crippen LogP contribution in [0.5, 0.6) is 0 Å². The van der Waals surface area contributed by atoms with Crippen LogP contribution in [0.3, 0.4) is 0 Å². The molecule has 2 N–H and O–H groups in total. The Bertz CT molecular complexity index is 388. The molecule has 0 aliphatic carbocycles. The van der Waals surface area contributed by atoms with Gasteiger partial charge in [0.1, 0.15) is 0 Å². The molecule has 1 rings (SSSR count). The standard InChI is InChI=1S/C14H22N2O2S/c1-11(2)5-3-8-15-13(17)7-9-16-14(18)12-6-4-10-19-12/h4,6,10-11H,3,5,7-9H2,1-2H3,(H,15,17)(H,16,18). The zero-order valence-corrected chi connectivity index (χ0v) is 12.4. The molecule has 0 saturated carbocycles. The largest absolute Gasteiger partial charge is 0.356 e. The summed E-state index contributed by atoms with van der Waals surface area (Å²) in [7, 11) is 0. The van der Waals surface area contributed by atoms with Gasteiger partial charge < -0.3 is 10.6 Å². The van der Waals surface area contributed by atoms with E-state index < -0.39 is 0 Å². The summed E-state index contributed by atoms with van der Waals surface area (Å²) in [5, 5.41) is 7.45. The van der Waals surface area contributed by atoms with Gasteiger partial charge in [0.15, 0.2) is 0 Å². The number of thiophene rings is 1. The van der Waals surface area contributed by atoms with Crippen molar-refractivity contribution in [3.8, 4) is 0 Å². The minimum atomic E-state index is -0.109. The summed E-state index contributed by atoms with van der Waals surface area (Å²) in [6.07, 6.45) is 2.46. The summed E-state index contributed by atoms with van der Waals surface area (Å²) in [4.78, 5) is 23.8. The highest BCUT2D eigenvalue weighted by molar-refractivity contribution is 7.12. The Kier molecular flexibility index (Phi) is 7.18. The van der Waals surface area contributed by atoms with Crippen LogP contribution in [0.2, 0.25) is 0 Å². The second-order valence-electron chi connectivity index (χ2n) is 4.87. The first-order valence-corrected chi connectivity index (χ1v) is 7.56. The van der Waals surface area contributed by atoms with Crippen LogP contribution in [0.4, 0.5) is 0 Å². The Morgan fingerprint density at radius 3 is 2.68 bits per heavy atom. The minimum Gasteiger partial charge on any atom is -0.356 e. The lowest BCUT2D eigenvalue weighted by Gasteiger charge is -2.07. The van der Waals surface area contributed by atoms with Crippen molar-refractivity contribution in [2.24, 2.45) is 5.92 Å². The molecule has 0 saturated heterocycles. The molecule has 2 amide bonds. The van der Waals surface area contributed by atoms with Gasteiger partial charge in [-0.15, -0.1) is 11.3 Å². The van der Waals surface area contributed by atoms with E-state index in [-0.39, 0.29) is 11.8 Å². The van der Waals surface area contributed by atoms with E-state index >= 15 is 0 Å². The highest BCUT2D eigenvalue weighted by Crippen LogP contribution is 2.07. The lowest BCUT2D eigenvalue weighted by molar-refractivity contribution is -0.120. The fourth-order valence-corrected chi connectivity index (χ4v) is 2.25. The molecular formula is C14H22N2O2S. The molecule has 1 aromatic rings. The molecule has 0 aliphatic heterocycles. The first-order chi connectivity index (χ1) is 9.09. The average Bonchev–Trinajstić information content (AvgIpc) is 2.88. The lowest BCUT2D eigenvalue weighted by atomic mass is 10.1. The topological polar surface area (TPSA) is 58.2 Å². The lowest BCUT2D eigenvalue weighted by Crippen LogP contribution is -2.30. The van der Waals surface area contributed by atoms with Gasteiger partial charge >= 0.3 is 0 Å². The van der Waals surface area contributed by atoms with Crippen LogP contribution in [-0.4, -0.2) is 24.9 Å². The van der Waals surface area contributed by atoms with Gasteiger partial charge in [0.2, 0.25) is 5.91 Å². The normalized spacial score (nSPS) is 10.5. The SMILES string of the molecule is CC(C)CCCNC(=O)CCNC(=O)c1cccs1. The summed E-state index contributed by atoms with van der Waals surface area (Å²) in [5.41, 5.74) is 0. The van der Waals surface area contributed by atoms with Gasteiger partial charge in [-0.1, -0.05) is 19.9 Å². The van der Waals surface area contributed by atoms with Crippen molar-refractivity contribution >= 4 is 23.2 Å². The summed E-state index contributed by atoms with van der Waals surface area (Å²) < 4.78 is 0. The van der Waals surface area contributed by atoms with Crippen molar-refractivity contribution < 1.29 is 9.59 Å². The van der Waals surface area contributed by atoms with E-state index in [1.807, 2.05) is 11.4 Å². The average molecular weight is 282 g/mol. The van der Waals surface area contributed by atoms with Gasteiger partial charge in [-0.25, -0.2) is 0 Å². The fourth-order valence-electron chi connectivity index (χ4n) is 1.61. The van der Waals surface area contributed by atoms with Crippen molar-refractivity contribution in [3.63, 3.8) is 0 Å².